The van der Waals surface area contributed by atoms with Crippen molar-refractivity contribution in [3.05, 3.63) is 131 Å². The van der Waals surface area contributed by atoms with Gasteiger partial charge in [0.1, 0.15) is 6.54 Å². The molecule has 6 nitrogen and oxygen atoms in total. The van der Waals surface area contributed by atoms with Crippen LogP contribution in [0.2, 0.25) is 0 Å². The number of carbonyl (C=O) groups is 2. The van der Waals surface area contributed by atoms with Crippen molar-refractivity contribution < 1.29 is 14.3 Å². The Hall–Kier alpha value is -3.94. The van der Waals surface area contributed by atoms with Crippen LogP contribution in [0.5, 0.6) is 0 Å². The summed E-state index contributed by atoms with van der Waals surface area (Å²) in [5.74, 6) is -0.304. The maximum Gasteiger partial charge on any atom is 0.325 e. The Kier molecular flexibility index (Phi) is 9.17. The first kappa shape index (κ1) is 28.6. The minimum atomic E-state index is -0.556. The number of benzene rings is 3. The summed E-state index contributed by atoms with van der Waals surface area (Å²) >= 11 is 1.38. The van der Waals surface area contributed by atoms with Crippen molar-refractivity contribution in [1.82, 2.24) is 14.5 Å². The largest absolute Gasteiger partial charge is 0.465 e. The van der Waals surface area contributed by atoms with Gasteiger partial charge in [-0.05, 0) is 41.7 Å². The molecule has 0 bridgehead atoms. The van der Waals surface area contributed by atoms with E-state index in [4.69, 9.17) is 4.74 Å². The minimum Gasteiger partial charge on any atom is -0.465 e. The number of thioether (sulfide) groups is 1. The molecular weight excluding hydrogens is 530 g/mol. The number of esters is 1. The van der Waals surface area contributed by atoms with Gasteiger partial charge in [-0.25, -0.2) is 4.98 Å². The smallest absolute Gasteiger partial charge is 0.325 e. The van der Waals surface area contributed by atoms with Crippen molar-refractivity contribution in [2.45, 2.75) is 37.6 Å². The molecule has 7 heteroatoms. The summed E-state index contributed by atoms with van der Waals surface area (Å²) in [5, 5.41) is 0.115. The minimum absolute atomic E-state index is 0.0229. The summed E-state index contributed by atoms with van der Waals surface area (Å²) in [6, 6.07) is 31.9. The molecule has 1 aromatic heterocycles. The van der Waals surface area contributed by atoms with Gasteiger partial charge in [-0.2, -0.15) is 0 Å². The zero-order valence-corrected chi connectivity index (χ0v) is 24.3. The Labute approximate surface area is 246 Å². The summed E-state index contributed by atoms with van der Waals surface area (Å²) in [6.45, 7) is 5.27. The topological polar surface area (TPSA) is 64.4 Å². The molecule has 2 heterocycles. The van der Waals surface area contributed by atoms with E-state index < -0.39 is 5.54 Å². The molecular formula is C34H35N3O3S. The molecule has 1 fully saturated rings. The van der Waals surface area contributed by atoms with Crippen molar-refractivity contribution >= 4 is 28.9 Å². The van der Waals surface area contributed by atoms with Crippen molar-refractivity contribution in [2.24, 2.45) is 0 Å². The molecule has 5 rings (SSSR count). The SMILES string of the molecule is CCOC(=O)Cn1cncc1/C=C1/CN(C(c2ccccc2)(c2ccccc2)c2ccccc2)CCC1SC(C)=O. The second-order valence-electron chi connectivity index (χ2n) is 10.1. The first-order valence-corrected chi connectivity index (χ1v) is 14.9. The fraction of sp³-hybridized carbons (Fsp3) is 0.265. The average Bonchev–Trinajstić information content (AvgIpc) is 3.42. The van der Waals surface area contributed by atoms with Crippen LogP contribution in [0.25, 0.3) is 6.08 Å². The lowest BCUT2D eigenvalue weighted by Gasteiger charge is -2.49. The number of piperidine rings is 1. The molecule has 0 radical (unpaired) electrons. The fourth-order valence-electron chi connectivity index (χ4n) is 5.82. The lowest BCUT2D eigenvalue weighted by atomic mass is 9.74. The third-order valence-electron chi connectivity index (χ3n) is 7.49. The number of hydrogen-bond acceptors (Lipinski definition) is 6. The third kappa shape index (κ3) is 6.21. The highest BCUT2D eigenvalue weighted by molar-refractivity contribution is 8.14. The zero-order chi connectivity index (χ0) is 28.7. The normalized spacial score (nSPS) is 16.9. The van der Waals surface area contributed by atoms with Crippen molar-refractivity contribution in [1.29, 1.82) is 0 Å². The number of nitrogens with zero attached hydrogens (tertiary/aromatic N) is 3. The van der Waals surface area contributed by atoms with Crippen molar-refractivity contribution in [3.63, 3.8) is 0 Å². The van der Waals surface area contributed by atoms with Gasteiger partial charge in [0, 0.05) is 25.3 Å². The molecule has 4 aromatic rings. The fourth-order valence-corrected chi connectivity index (χ4v) is 6.74. The molecule has 1 saturated heterocycles. The molecule has 41 heavy (non-hydrogen) atoms. The quantitative estimate of drug-likeness (QED) is 0.179. The van der Waals surface area contributed by atoms with Crippen LogP contribution in [0, 0.1) is 0 Å². The van der Waals surface area contributed by atoms with Gasteiger partial charge >= 0.3 is 5.97 Å². The molecule has 1 aliphatic rings. The maximum atomic E-state index is 12.3. The van der Waals surface area contributed by atoms with Crippen LogP contribution < -0.4 is 0 Å². The van der Waals surface area contributed by atoms with E-state index in [0.29, 0.717) is 13.2 Å². The predicted octanol–water partition coefficient (Wildman–Crippen LogP) is 6.18. The summed E-state index contributed by atoms with van der Waals surface area (Å²) in [5.41, 5.74) is 4.92. The lowest BCUT2D eigenvalue weighted by molar-refractivity contribution is -0.143. The van der Waals surface area contributed by atoms with E-state index in [1.54, 1.807) is 30.9 Å². The first-order valence-electron chi connectivity index (χ1n) is 14.0. The van der Waals surface area contributed by atoms with Crippen LogP contribution in [0.1, 0.15) is 42.7 Å². The predicted molar refractivity (Wildman–Crippen MR) is 164 cm³/mol. The number of hydrogen-bond donors (Lipinski definition) is 0. The first-order chi connectivity index (χ1) is 20.0. The van der Waals surface area contributed by atoms with Crippen LogP contribution in [-0.2, 0) is 26.4 Å². The van der Waals surface area contributed by atoms with E-state index in [9.17, 15) is 9.59 Å². The Bertz CT molecular complexity index is 1390. The molecule has 210 valence electrons. The Morgan fingerprint density at radius 2 is 1.51 bits per heavy atom. The summed E-state index contributed by atoms with van der Waals surface area (Å²) in [7, 11) is 0. The van der Waals surface area contributed by atoms with Crippen LogP contribution in [-0.4, -0.2) is 50.5 Å². The van der Waals surface area contributed by atoms with Gasteiger partial charge in [0.2, 0.25) is 0 Å². The number of ether oxygens (including phenoxy) is 1. The molecule has 0 spiro atoms. The van der Waals surface area contributed by atoms with Crippen molar-refractivity contribution in [3.8, 4) is 0 Å². The number of carbonyl (C=O) groups excluding carboxylic acids is 2. The molecule has 1 unspecified atom stereocenters. The van der Waals surface area contributed by atoms with Crippen molar-refractivity contribution in [2.75, 3.05) is 19.7 Å². The zero-order valence-electron chi connectivity index (χ0n) is 23.5. The molecule has 1 aliphatic heterocycles. The van der Waals surface area contributed by atoms with Crippen LogP contribution in [0.15, 0.2) is 109 Å². The number of imidazole rings is 1. The lowest BCUT2D eigenvalue weighted by Crippen LogP contribution is -2.52. The van der Waals surface area contributed by atoms with Crippen LogP contribution >= 0.6 is 11.8 Å². The van der Waals surface area contributed by atoms with E-state index in [2.05, 4.69) is 107 Å². The molecule has 0 amide bonds. The highest BCUT2D eigenvalue weighted by Gasteiger charge is 2.44. The second kappa shape index (κ2) is 13.1. The molecule has 0 saturated carbocycles. The van der Waals surface area contributed by atoms with E-state index >= 15 is 0 Å². The van der Waals surface area contributed by atoms with Gasteiger partial charge < -0.3 is 9.30 Å². The summed E-state index contributed by atoms with van der Waals surface area (Å²) < 4.78 is 6.98. The Morgan fingerprint density at radius 1 is 0.951 bits per heavy atom. The highest BCUT2D eigenvalue weighted by Crippen LogP contribution is 2.45. The molecule has 3 aromatic carbocycles. The monoisotopic (exact) mass is 565 g/mol. The van der Waals surface area contributed by atoms with Gasteiger partial charge in [-0.15, -0.1) is 0 Å². The molecule has 0 N–H and O–H groups in total. The molecule has 1 atom stereocenters. The molecule has 0 aliphatic carbocycles. The highest BCUT2D eigenvalue weighted by atomic mass is 32.2. The van der Waals surface area contributed by atoms with Crippen LogP contribution in [0.4, 0.5) is 0 Å². The van der Waals surface area contributed by atoms with Gasteiger partial charge in [-0.3, -0.25) is 14.5 Å². The van der Waals surface area contributed by atoms with Gasteiger partial charge in [-0.1, -0.05) is 103 Å². The maximum absolute atomic E-state index is 12.3. The Balaban J connectivity index is 1.64. The van der Waals surface area contributed by atoms with Crippen LogP contribution in [0.3, 0.4) is 0 Å². The van der Waals surface area contributed by atoms with E-state index in [1.165, 1.54) is 28.5 Å². The summed E-state index contributed by atoms with van der Waals surface area (Å²) in [4.78, 5) is 31.5. The summed E-state index contributed by atoms with van der Waals surface area (Å²) in [6.07, 6.45) is 6.32. The van der Waals surface area contributed by atoms with E-state index in [0.717, 1.165) is 24.2 Å². The average molecular weight is 566 g/mol. The number of likely N-dealkylation sites (tertiary alicyclic amines) is 1. The van der Waals surface area contributed by atoms with E-state index in [-0.39, 0.29) is 22.9 Å². The van der Waals surface area contributed by atoms with Gasteiger partial charge in [0.15, 0.2) is 5.12 Å². The standard InChI is InChI=1S/C34H35N3O3S/c1-3-40-33(39)24-36-25-35-22-31(36)21-27-23-37(20-19-32(27)41-26(2)38)34(28-13-7-4-8-14-28,29-15-9-5-10-16-29)30-17-11-6-12-18-30/h4-18,21-22,25,32H,3,19-20,23-24H2,1-2H3/b27-21-. The second-order valence-corrected chi connectivity index (χ2v) is 11.5. The number of rotatable bonds is 9. The third-order valence-corrected chi connectivity index (χ3v) is 8.64. The van der Waals surface area contributed by atoms with E-state index in [1.807, 2.05) is 0 Å². The number of aromatic nitrogens is 2. The van der Waals surface area contributed by atoms with Gasteiger partial charge in [0.05, 0.1) is 30.4 Å². The van der Waals surface area contributed by atoms with Gasteiger partial charge in [0.25, 0.3) is 0 Å². The Morgan fingerprint density at radius 3 is 2.02 bits per heavy atom.